The minimum atomic E-state index is -0.436. The molecule has 0 aliphatic carbocycles. The Morgan fingerprint density at radius 2 is 1.76 bits per heavy atom. The maximum atomic E-state index is 6.12. The van der Waals surface area contributed by atoms with E-state index in [9.17, 15) is 0 Å². The van der Waals surface area contributed by atoms with Crippen LogP contribution in [-0.4, -0.2) is 35.2 Å². The van der Waals surface area contributed by atoms with E-state index < -0.39 is 7.12 Å². The summed E-state index contributed by atoms with van der Waals surface area (Å²) in [5.41, 5.74) is 1.18. The van der Waals surface area contributed by atoms with Crippen molar-refractivity contribution >= 4 is 23.5 Å². The fourth-order valence-corrected chi connectivity index (χ4v) is 2.53. The van der Waals surface area contributed by atoms with Crippen molar-refractivity contribution < 1.29 is 14.0 Å². The summed E-state index contributed by atoms with van der Waals surface area (Å²) < 4.78 is 19.6. The molecule has 0 saturated carbocycles. The van der Waals surface area contributed by atoms with E-state index >= 15 is 0 Å². The molecule has 5 nitrogen and oxygen atoms in total. The van der Waals surface area contributed by atoms with E-state index in [2.05, 4.69) is 5.10 Å². The zero-order valence-electron chi connectivity index (χ0n) is 13.4. The highest BCUT2D eigenvalue weighted by molar-refractivity contribution is 6.63. The number of hydrogen-bond acceptors (Lipinski definition) is 4. The van der Waals surface area contributed by atoms with Crippen LogP contribution in [0.15, 0.2) is 18.3 Å². The number of ether oxygens (including phenoxy) is 1. The first kappa shape index (κ1) is 14.4. The first-order valence-corrected chi connectivity index (χ1v) is 7.10. The second-order valence-corrected chi connectivity index (χ2v) is 6.51. The average Bonchev–Trinajstić information content (AvgIpc) is 2.86. The minimum absolute atomic E-state index is 0.368. The van der Waals surface area contributed by atoms with Gasteiger partial charge >= 0.3 is 7.12 Å². The van der Waals surface area contributed by atoms with E-state index in [4.69, 9.17) is 14.0 Å². The summed E-state index contributed by atoms with van der Waals surface area (Å²) in [6, 6.07) is 4.01. The number of methoxy groups -OCH3 is 1. The Kier molecular flexibility index (Phi) is 3.08. The Morgan fingerprint density at radius 1 is 1.14 bits per heavy atom. The molecule has 1 saturated heterocycles. The quantitative estimate of drug-likeness (QED) is 0.792. The maximum Gasteiger partial charge on any atom is 0.498 e. The van der Waals surface area contributed by atoms with Gasteiger partial charge in [0.2, 0.25) is 0 Å². The average molecular weight is 288 g/mol. The Morgan fingerprint density at radius 3 is 2.33 bits per heavy atom. The van der Waals surface area contributed by atoms with Gasteiger partial charge in [0.1, 0.15) is 5.75 Å². The van der Waals surface area contributed by atoms with Gasteiger partial charge in [-0.1, -0.05) is 0 Å². The van der Waals surface area contributed by atoms with E-state index in [0.717, 1.165) is 22.1 Å². The molecule has 0 radical (unpaired) electrons. The van der Waals surface area contributed by atoms with Gasteiger partial charge in [-0.25, -0.2) is 0 Å². The molecule has 3 rings (SSSR count). The number of aromatic nitrogens is 2. The first-order valence-electron chi connectivity index (χ1n) is 7.10. The molecule has 1 aliphatic rings. The summed E-state index contributed by atoms with van der Waals surface area (Å²) in [5.74, 6) is 0.754. The topological polar surface area (TPSA) is 45.5 Å². The number of hydrogen-bond donors (Lipinski definition) is 0. The van der Waals surface area contributed by atoms with Crippen LogP contribution in [0.3, 0.4) is 0 Å². The summed E-state index contributed by atoms with van der Waals surface area (Å²) in [4.78, 5) is 0. The van der Waals surface area contributed by atoms with Crippen LogP contribution in [0.1, 0.15) is 27.7 Å². The normalized spacial score (nSPS) is 20.2. The Labute approximate surface area is 125 Å². The van der Waals surface area contributed by atoms with Crippen LogP contribution in [0.2, 0.25) is 0 Å². The molecule has 2 heterocycles. The fraction of sp³-hybridized carbons (Fsp3) is 0.533. The molecular formula is C15H21BN2O3. The third kappa shape index (κ3) is 2.13. The van der Waals surface area contributed by atoms with E-state index in [1.165, 1.54) is 0 Å². The molecule has 1 aliphatic heterocycles. The molecule has 0 bridgehead atoms. The lowest BCUT2D eigenvalue weighted by Crippen LogP contribution is -2.41. The van der Waals surface area contributed by atoms with Gasteiger partial charge in [0.15, 0.2) is 0 Å². The van der Waals surface area contributed by atoms with Crippen molar-refractivity contribution in [3.63, 3.8) is 0 Å². The summed E-state index contributed by atoms with van der Waals surface area (Å²) in [7, 11) is 3.14. The summed E-state index contributed by atoms with van der Waals surface area (Å²) in [5, 5.41) is 5.32. The predicted octanol–water partition coefficient (Wildman–Crippen LogP) is 1.88. The molecule has 21 heavy (non-hydrogen) atoms. The lowest BCUT2D eigenvalue weighted by molar-refractivity contribution is 0.00578. The van der Waals surface area contributed by atoms with E-state index in [0.29, 0.717) is 0 Å². The molecule has 6 heteroatoms. The van der Waals surface area contributed by atoms with E-state index in [-0.39, 0.29) is 11.2 Å². The van der Waals surface area contributed by atoms with Crippen LogP contribution in [0.4, 0.5) is 0 Å². The molecule has 0 amide bonds. The minimum Gasteiger partial charge on any atom is -0.497 e. The summed E-state index contributed by atoms with van der Waals surface area (Å²) in [6.07, 6.45) is 1.84. The zero-order valence-corrected chi connectivity index (χ0v) is 13.4. The highest BCUT2D eigenvalue weighted by Gasteiger charge is 2.52. The highest BCUT2D eigenvalue weighted by Crippen LogP contribution is 2.37. The van der Waals surface area contributed by atoms with Crippen molar-refractivity contribution in [2.45, 2.75) is 38.9 Å². The van der Waals surface area contributed by atoms with Crippen molar-refractivity contribution in [2.24, 2.45) is 7.05 Å². The van der Waals surface area contributed by atoms with Crippen molar-refractivity contribution in [2.75, 3.05) is 7.11 Å². The van der Waals surface area contributed by atoms with Gasteiger partial charge in [-0.15, -0.1) is 0 Å². The first-order chi connectivity index (χ1) is 9.75. The smallest absolute Gasteiger partial charge is 0.497 e. The molecule has 2 aromatic rings. The van der Waals surface area contributed by atoms with Crippen LogP contribution >= 0.6 is 0 Å². The third-order valence-electron chi connectivity index (χ3n) is 4.60. The largest absolute Gasteiger partial charge is 0.498 e. The molecule has 1 aromatic heterocycles. The highest BCUT2D eigenvalue weighted by atomic mass is 16.7. The molecule has 112 valence electrons. The molecular weight excluding hydrogens is 267 g/mol. The van der Waals surface area contributed by atoms with Gasteiger partial charge in [0.05, 0.1) is 30.0 Å². The van der Waals surface area contributed by atoms with Crippen LogP contribution in [0, 0.1) is 0 Å². The lowest BCUT2D eigenvalue weighted by Gasteiger charge is -2.32. The second-order valence-electron chi connectivity index (χ2n) is 6.51. The van der Waals surface area contributed by atoms with Gasteiger partial charge in [-0.2, -0.15) is 5.10 Å². The van der Waals surface area contributed by atoms with Crippen LogP contribution in [0.25, 0.3) is 10.9 Å². The summed E-state index contributed by atoms with van der Waals surface area (Å²) in [6.45, 7) is 8.17. The molecule has 1 aromatic carbocycles. The van der Waals surface area contributed by atoms with Crippen LogP contribution in [0.5, 0.6) is 5.75 Å². The number of fused-ring (bicyclic) bond motifs is 1. The van der Waals surface area contributed by atoms with E-state index in [1.807, 2.05) is 57.8 Å². The maximum absolute atomic E-state index is 6.12. The van der Waals surface area contributed by atoms with Crippen molar-refractivity contribution in [3.05, 3.63) is 18.3 Å². The summed E-state index contributed by atoms with van der Waals surface area (Å²) >= 11 is 0. The Bertz CT molecular complexity index is 678. The van der Waals surface area contributed by atoms with Gasteiger partial charge < -0.3 is 14.0 Å². The van der Waals surface area contributed by atoms with Gasteiger partial charge in [0, 0.05) is 24.0 Å². The van der Waals surface area contributed by atoms with E-state index in [1.54, 1.807) is 7.11 Å². The predicted molar refractivity (Wildman–Crippen MR) is 83.0 cm³/mol. The van der Waals surface area contributed by atoms with Crippen LogP contribution < -0.4 is 10.2 Å². The number of rotatable bonds is 2. The lowest BCUT2D eigenvalue weighted by atomic mass is 9.78. The number of nitrogens with zero attached hydrogens (tertiary/aromatic N) is 2. The number of aryl methyl sites for hydroxylation is 1. The van der Waals surface area contributed by atoms with Crippen molar-refractivity contribution in [3.8, 4) is 5.75 Å². The Hall–Kier alpha value is -1.53. The molecule has 0 atom stereocenters. The van der Waals surface area contributed by atoms with Gasteiger partial charge in [-0.3, -0.25) is 4.68 Å². The third-order valence-corrected chi connectivity index (χ3v) is 4.60. The van der Waals surface area contributed by atoms with Crippen LogP contribution in [-0.2, 0) is 16.4 Å². The van der Waals surface area contributed by atoms with Crippen molar-refractivity contribution in [1.29, 1.82) is 0 Å². The second kappa shape index (κ2) is 4.48. The van der Waals surface area contributed by atoms with Gasteiger partial charge in [-0.05, 0) is 33.8 Å². The van der Waals surface area contributed by atoms with Gasteiger partial charge in [0.25, 0.3) is 0 Å². The molecule has 0 N–H and O–H groups in total. The molecule has 1 fully saturated rings. The zero-order chi connectivity index (χ0) is 15.4. The Balaban J connectivity index is 2.08. The monoisotopic (exact) mass is 288 g/mol. The number of benzene rings is 1. The standard InChI is InChI=1S/C15H21BN2O3/c1-14(2)15(3,4)21-16(20-14)11-7-10-9-17-18(5)12(10)8-13(11)19-6/h7-9H,1-6H3. The molecule has 0 unspecified atom stereocenters. The molecule has 0 spiro atoms. The fourth-order valence-electron chi connectivity index (χ4n) is 2.53. The SMILES string of the molecule is COc1cc2c(cnn2C)cc1B1OC(C)(C)C(C)(C)O1. The van der Waals surface area contributed by atoms with Crippen molar-refractivity contribution in [1.82, 2.24) is 9.78 Å².